The molecule has 0 spiro atoms. The molecule has 15 rings (SSSR count). The fourth-order valence-electron chi connectivity index (χ4n) is 12.8. The molecule has 15 aromatic carbocycles. The van der Waals surface area contributed by atoms with Crippen molar-refractivity contribution in [3.8, 4) is 22.3 Å². The Morgan fingerprint density at radius 1 is 0.0938 bits per heavy atom. The molecule has 0 heterocycles. The fraction of sp³-hybridized carbons (Fsp3) is 0. The van der Waals surface area contributed by atoms with Gasteiger partial charge in [0.25, 0.3) is 0 Å². The molecular weight excluding hydrogens is 1170 g/mol. The lowest BCUT2D eigenvalue weighted by Crippen LogP contribution is -2.14. The molecule has 0 aromatic heterocycles. The van der Waals surface area contributed by atoms with Crippen molar-refractivity contribution in [1.82, 2.24) is 0 Å². The lowest BCUT2D eigenvalue weighted by Gasteiger charge is -2.30. The van der Waals surface area contributed by atoms with Crippen LogP contribution in [0.5, 0.6) is 0 Å². The highest BCUT2D eigenvalue weighted by Gasteiger charge is 2.22. The van der Waals surface area contributed by atoms with Gasteiger partial charge >= 0.3 is 0 Å². The maximum Gasteiger partial charge on any atom is 0.0467 e. The largest absolute Gasteiger partial charge is 0.311 e. The Bertz CT molecular complexity index is 4620. The van der Waals surface area contributed by atoms with E-state index in [1.54, 1.807) is 0 Å². The first-order chi connectivity index (χ1) is 47.6. The first-order valence-corrected chi connectivity index (χ1v) is 32.6. The van der Waals surface area contributed by atoms with Gasteiger partial charge in [0.2, 0.25) is 0 Å². The monoisotopic (exact) mass is 1230 g/mol. The Kier molecular flexibility index (Phi) is 17.3. The molecule has 0 bridgehead atoms. The van der Waals surface area contributed by atoms with E-state index in [1.807, 2.05) is 0 Å². The van der Waals surface area contributed by atoms with Crippen molar-refractivity contribution < 1.29 is 0 Å². The Morgan fingerprint density at radius 2 is 0.219 bits per heavy atom. The summed E-state index contributed by atoms with van der Waals surface area (Å²) in [5.41, 5.74) is 23.7. The summed E-state index contributed by atoms with van der Waals surface area (Å²) in [5, 5.41) is 0. The van der Waals surface area contributed by atoms with E-state index in [-0.39, 0.29) is 0 Å². The molecule has 6 heteroatoms. The van der Waals surface area contributed by atoms with Crippen molar-refractivity contribution in [2.24, 2.45) is 0 Å². The van der Waals surface area contributed by atoms with Gasteiger partial charge in [-0.05, 0) is 241 Å². The summed E-state index contributed by atoms with van der Waals surface area (Å²) in [6.45, 7) is 0. The van der Waals surface area contributed by atoms with Gasteiger partial charge in [0.15, 0.2) is 0 Å². The lowest BCUT2D eigenvalue weighted by molar-refractivity contribution is 1.23. The second-order valence-electron chi connectivity index (χ2n) is 23.4. The Hall–Kier alpha value is -12.9. The van der Waals surface area contributed by atoms with Crippen molar-refractivity contribution in [3.05, 3.63) is 413 Å². The van der Waals surface area contributed by atoms with Crippen molar-refractivity contribution in [2.75, 3.05) is 29.4 Å². The number of hydrogen-bond acceptors (Lipinski definition) is 6. The first kappa shape index (κ1) is 59.4. The van der Waals surface area contributed by atoms with Crippen LogP contribution in [0.2, 0.25) is 0 Å². The second kappa shape index (κ2) is 27.9. The number of anilines is 18. The molecule has 0 aliphatic rings. The van der Waals surface area contributed by atoms with Crippen molar-refractivity contribution >= 4 is 102 Å². The maximum absolute atomic E-state index is 2.33. The molecule has 0 atom stereocenters. The summed E-state index contributed by atoms with van der Waals surface area (Å²) in [6, 6.07) is 147. The molecule has 458 valence electrons. The quantitative estimate of drug-likeness (QED) is 0.0752. The molecule has 15 aromatic rings. The second-order valence-corrected chi connectivity index (χ2v) is 23.4. The van der Waals surface area contributed by atoms with E-state index < -0.39 is 0 Å². The fourth-order valence-corrected chi connectivity index (χ4v) is 12.8. The van der Waals surface area contributed by atoms with Gasteiger partial charge in [-0.25, -0.2) is 0 Å². The van der Waals surface area contributed by atoms with Crippen LogP contribution in [0, 0.1) is 0 Å². The van der Waals surface area contributed by atoms with Gasteiger partial charge < -0.3 is 29.4 Å². The number of benzene rings is 15. The first-order valence-electron chi connectivity index (χ1n) is 32.6. The van der Waals surface area contributed by atoms with Gasteiger partial charge in [0.05, 0.1) is 0 Å². The Labute approximate surface area is 563 Å². The van der Waals surface area contributed by atoms with E-state index in [1.165, 1.54) is 22.3 Å². The highest BCUT2D eigenvalue weighted by Crippen LogP contribution is 2.46. The van der Waals surface area contributed by atoms with E-state index in [4.69, 9.17) is 0 Å². The molecule has 6 nitrogen and oxygen atoms in total. The van der Waals surface area contributed by atoms with Gasteiger partial charge in [-0.2, -0.15) is 0 Å². The summed E-state index contributed by atoms with van der Waals surface area (Å²) >= 11 is 0. The highest BCUT2D eigenvalue weighted by atomic mass is 15.2. The van der Waals surface area contributed by atoms with Crippen LogP contribution in [0.3, 0.4) is 0 Å². The van der Waals surface area contributed by atoms with E-state index in [2.05, 4.69) is 442 Å². The topological polar surface area (TPSA) is 19.4 Å². The molecule has 0 unspecified atom stereocenters. The molecule has 0 saturated carbocycles. The lowest BCUT2D eigenvalue weighted by atomic mass is 10.0. The van der Waals surface area contributed by atoms with Gasteiger partial charge in [-0.3, -0.25) is 0 Å². The minimum absolute atomic E-state index is 1.03. The van der Waals surface area contributed by atoms with Crippen LogP contribution in [0.1, 0.15) is 0 Å². The number of nitrogens with zero attached hydrogens (tertiary/aromatic N) is 6. The molecule has 0 amide bonds. The molecule has 0 radical (unpaired) electrons. The van der Waals surface area contributed by atoms with Crippen molar-refractivity contribution in [2.45, 2.75) is 0 Å². The van der Waals surface area contributed by atoms with Gasteiger partial charge in [0, 0.05) is 102 Å². The average Bonchev–Trinajstić information content (AvgIpc) is 0.828. The van der Waals surface area contributed by atoms with E-state index >= 15 is 0 Å². The van der Waals surface area contributed by atoms with Crippen LogP contribution in [-0.2, 0) is 0 Å². The SMILES string of the molecule is c1ccc(-c2cccc(N(c3ccccc3)c3ccc(N(c4ccccc4)c4ccc(N(c5ccccc5)c5ccc(N(c6ccccc6)c6ccc(N(c7ccccc7)c7ccc(N(c8ccccc8)c8cccc(-c9ccccc9)c8)cc7)cc6)cc5)cc4)cc3)c2)cc1. The smallest absolute Gasteiger partial charge is 0.0467 e. The maximum atomic E-state index is 2.33. The molecular formula is C90H68N6. The molecule has 0 fully saturated rings. The van der Waals surface area contributed by atoms with Crippen LogP contribution < -0.4 is 29.4 Å². The van der Waals surface area contributed by atoms with Gasteiger partial charge in [-0.15, -0.1) is 0 Å². The van der Waals surface area contributed by atoms with Crippen LogP contribution in [0.4, 0.5) is 102 Å². The zero-order chi connectivity index (χ0) is 64.2. The predicted molar refractivity (Wildman–Crippen MR) is 405 cm³/mol. The number of para-hydroxylation sites is 6. The molecule has 0 aliphatic heterocycles. The predicted octanol–water partition coefficient (Wildman–Crippen LogP) is 25.8. The third kappa shape index (κ3) is 12.9. The number of rotatable bonds is 20. The van der Waals surface area contributed by atoms with Crippen LogP contribution in [0.25, 0.3) is 22.3 Å². The summed E-state index contributed by atoms with van der Waals surface area (Å²) in [6.07, 6.45) is 0. The van der Waals surface area contributed by atoms with Crippen LogP contribution in [0.15, 0.2) is 413 Å². The van der Waals surface area contributed by atoms with Crippen molar-refractivity contribution in [3.63, 3.8) is 0 Å². The van der Waals surface area contributed by atoms with Crippen LogP contribution >= 0.6 is 0 Å². The Morgan fingerprint density at radius 3 is 0.396 bits per heavy atom. The molecule has 96 heavy (non-hydrogen) atoms. The molecule has 0 saturated heterocycles. The number of hydrogen-bond donors (Lipinski definition) is 0. The molecule has 0 aliphatic carbocycles. The third-order valence-corrected chi connectivity index (χ3v) is 17.3. The van der Waals surface area contributed by atoms with Gasteiger partial charge in [0.1, 0.15) is 0 Å². The van der Waals surface area contributed by atoms with Gasteiger partial charge in [-0.1, -0.05) is 194 Å². The van der Waals surface area contributed by atoms with E-state index in [9.17, 15) is 0 Å². The minimum Gasteiger partial charge on any atom is -0.311 e. The Balaban J connectivity index is 0.725. The zero-order valence-corrected chi connectivity index (χ0v) is 52.9. The van der Waals surface area contributed by atoms with Crippen LogP contribution in [-0.4, -0.2) is 0 Å². The minimum atomic E-state index is 1.03. The summed E-state index contributed by atoms with van der Waals surface area (Å²) in [5.74, 6) is 0. The summed E-state index contributed by atoms with van der Waals surface area (Å²) in [7, 11) is 0. The van der Waals surface area contributed by atoms with Crippen molar-refractivity contribution in [1.29, 1.82) is 0 Å². The normalized spacial score (nSPS) is 10.9. The molecule has 0 N–H and O–H groups in total. The zero-order valence-electron chi connectivity index (χ0n) is 52.9. The third-order valence-electron chi connectivity index (χ3n) is 17.3. The summed E-state index contributed by atoms with van der Waals surface area (Å²) < 4.78 is 0. The standard InChI is InChI=1S/C90H68N6/c1-9-27-69(28-10-1)71-31-25-45-89(67-71)95(77-41-21-7-22-42-77)87-63-59-85(60-64-87)93(75-37-17-5-18-38-75)83-55-51-81(52-56-83)91(73-33-13-3-14-34-73)79-47-49-80(50-48-79)92(74-35-15-4-16-36-74)82-53-57-84(58-54-82)94(76-39-19-6-20-40-76)86-61-65-88(66-62-86)96(78-43-23-8-24-44-78)90-46-26-32-72(68-90)70-29-11-2-12-30-70/h1-68H. The van der Waals surface area contributed by atoms with E-state index in [0.717, 1.165) is 102 Å². The average molecular weight is 1230 g/mol. The van der Waals surface area contributed by atoms with E-state index in [0.29, 0.717) is 0 Å². The summed E-state index contributed by atoms with van der Waals surface area (Å²) in [4.78, 5) is 14.0. The highest BCUT2D eigenvalue weighted by molar-refractivity contribution is 5.88.